The van der Waals surface area contributed by atoms with Gasteiger partial charge in [-0.1, -0.05) is 6.07 Å². The lowest BCUT2D eigenvalue weighted by Crippen LogP contribution is -2.19. The lowest BCUT2D eigenvalue weighted by molar-refractivity contribution is 0.651. The molecule has 2 rings (SSSR count). The number of aromatic nitrogens is 1. The van der Waals surface area contributed by atoms with E-state index in [1.54, 1.807) is 23.7 Å². The Bertz CT molecular complexity index is 597. The molecular formula is C14H16N2OS2. The highest BCUT2D eigenvalue weighted by atomic mass is 32.2. The summed E-state index contributed by atoms with van der Waals surface area (Å²) in [5.74, 6) is 0. The average molecular weight is 292 g/mol. The summed E-state index contributed by atoms with van der Waals surface area (Å²) >= 11 is 1.59. The van der Waals surface area contributed by atoms with Gasteiger partial charge in [0.15, 0.2) is 0 Å². The molecule has 100 valence electrons. The summed E-state index contributed by atoms with van der Waals surface area (Å²) in [7, 11) is -1.21. The minimum absolute atomic E-state index is 0.322. The molecule has 0 aliphatic rings. The predicted molar refractivity (Wildman–Crippen MR) is 83.0 cm³/mol. The van der Waals surface area contributed by atoms with Gasteiger partial charge in [0, 0.05) is 11.1 Å². The SMILES string of the molecule is CC(C)(C)[S@@](=O)N=Cc1ccc(-c2ccccn2)s1. The fourth-order valence-electron chi connectivity index (χ4n) is 1.33. The molecule has 2 aromatic heterocycles. The van der Waals surface area contributed by atoms with Crippen molar-refractivity contribution in [3.05, 3.63) is 41.4 Å². The van der Waals surface area contributed by atoms with Crippen LogP contribution in [-0.4, -0.2) is 20.2 Å². The molecule has 2 aromatic rings. The second-order valence-corrected chi connectivity index (χ2v) is 8.06. The Kier molecular flexibility index (Phi) is 4.27. The molecule has 0 bridgehead atoms. The summed E-state index contributed by atoms with van der Waals surface area (Å²) in [5, 5.41) is 0. The van der Waals surface area contributed by atoms with Crippen LogP contribution in [0.15, 0.2) is 40.9 Å². The molecule has 0 unspecified atom stereocenters. The Morgan fingerprint density at radius 2 is 2.05 bits per heavy atom. The lowest BCUT2D eigenvalue weighted by atomic mass is 10.3. The molecule has 3 nitrogen and oxygen atoms in total. The Labute approximate surface area is 120 Å². The van der Waals surface area contributed by atoms with E-state index in [2.05, 4.69) is 9.38 Å². The zero-order chi connectivity index (χ0) is 13.9. The Morgan fingerprint density at radius 3 is 2.68 bits per heavy atom. The van der Waals surface area contributed by atoms with Crippen molar-refractivity contribution in [1.82, 2.24) is 4.98 Å². The van der Waals surface area contributed by atoms with Crippen molar-refractivity contribution >= 4 is 28.5 Å². The van der Waals surface area contributed by atoms with Gasteiger partial charge in [0.05, 0.1) is 21.5 Å². The van der Waals surface area contributed by atoms with E-state index < -0.39 is 11.0 Å². The molecule has 0 saturated carbocycles. The second-order valence-electron chi connectivity index (χ2n) is 5.01. The number of thiophene rings is 1. The van der Waals surface area contributed by atoms with E-state index in [0.29, 0.717) is 0 Å². The summed E-state index contributed by atoms with van der Waals surface area (Å²) in [6.45, 7) is 5.73. The van der Waals surface area contributed by atoms with Crippen molar-refractivity contribution in [2.75, 3.05) is 0 Å². The number of pyridine rings is 1. The van der Waals surface area contributed by atoms with Gasteiger partial charge in [-0.3, -0.25) is 4.98 Å². The van der Waals surface area contributed by atoms with Crippen molar-refractivity contribution in [1.29, 1.82) is 0 Å². The first-order valence-electron chi connectivity index (χ1n) is 5.94. The molecular weight excluding hydrogens is 276 g/mol. The maximum Gasteiger partial charge on any atom is 0.144 e. The third-order valence-corrected chi connectivity index (χ3v) is 4.73. The maximum absolute atomic E-state index is 11.8. The van der Waals surface area contributed by atoms with E-state index >= 15 is 0 Å². The first kappa shape index (κ1) is 14.1. The predicted octanol–water partition coefficient (Wildman–Crippen LogP) is 3.69. The van der Waals surface area contributed by atoms with Crippen molar-refractivity contribution in [2.24, 2.45) is 4.40 Å². The minimum Gasteiger partial charge on any atom is -0.255 e. The summed E-state index contributed by atoms with van der Waals surface area (Å²) < 4.78 is 15.6. The van der Waals surface area contributed by atoms with Gasteiger partial charge in [-0.15, -0.1) is 11.3 Å². The van der Waals surface area contributed by atoms with Crippen LogP contribution in [0.3, 0.4) is 0 Å². The van der Waals surface area contributed by atoms with Crippen LogP contribution in [-0.2, 0) is 11.0 Å². The number of rotatable bonds is 3. The van der Waals surface area contributed by atoms with Gasteiger partial charge in [0.25, 0.3) is 0 Å². The van der Waals surface area contributed by atoms with Gasteiger partial charge in [0.2, 0.25) is 0 Å². The Morgan fingerprint density at radius 1 is 1.26 bits per heavy atom. The zero-order valence-corrected chi connectivity index (χ0v) is 12.8. The molecule has 0 aromatic carbocycles. The summed E-state index contributed by atoms with van der Waals surface area (Å²) in [6, 6.07) is 9.81. The minimum atomic E-state index is -1.21. The Balaban J connectivity index is 2.15. The van der Waals surface area contributed by atoms with E-state index in [0.717, 1.165) is 15.4 Å². The first-order chi connectivity index (χ1) is 8.97. The van der Waals surface area contributed by atoms with Crippen LogP contribution in [0.5, 0.6) is 0 Å². The molecule has 0 spiro atoms. The van der Waals surface area contributed by atoms with Crippen molar-refractivity contribution in [3.8, 4) is 10.6 Å². The monoisotopic (exact) mass is 292 g/mol. The molecule has 0 fully saturated rings. The van der Waals surface area contributed by atoms with Crippen LogP contribution in [0.25, 0.3) is 10.6 Å². The van der Waals surface area contributed by atoms with E-state index in [-0.39, 0.29) is 4.75 Å². The van der Waals surface area contributed by atoms with Gasteiger partial charge in [-0.25, -0.2) is 4.21 Å². The zero-order valence-electron chi connectivity index (χ0n) is 11.2. The normalized spacial score (nSPS) is 13.8. The quantitative estimate of drug-likeness (QED) is 0.810. The highest BCUT2D eigenvalue weighted by molar-refractivity contribution is 7.85. The van der Waals surface area contributed by atoms with Crippen molar-refractivity contribution < 1.29 is 4.21 Å². The second kappa shape index (κ2) is 5.75. The van der Waals surface area contributed by atoms with E-state index in [1.807, 2.05) is 51.1 Å². The van der Waals surface area contributed by atoms with Gasteiger partial charge in [-0.05, 0) is 45.0 Å². The fourth-order valence-corrected chi connectivity index (χ4v) is 2.78. The molecule has 0 N–H and O–H groups in total. The van der Waals surface area contributed by atoms with E-state index in [9.17, 15) is 4.21 Å². The van der Waals surface area contributed by atoms with Crippen LogP contribution in [0.1, 0.15) is 25.6 Å². The third-order valence-electron chi connectivity index (χ3n) is 2.34. The standard InChI is InChI=1S/C14H16N2OS2/c1-14(2,3)19(17)16-10-11-7-8-13(18-11)12-6-4-5-9-15-12/h4-10H,1-3H3/t19-/m1/s1. The topological polar surface area (TPSA) is 42.3 Å². The molecule has 2 heterocycles. The van der Waals surface area contributed by atoms with Crippen LogP contribution in [0.2, 0.25) is 0 Å². The van der Waals surface area contributed by atoms with Crippen LogP contribution in [0.4, 0.5) is 0 Å². The van der Waals surface area contributed by atoms with Gasteiger partial charge in [0.1, 0.15) is 11.0 Å². The van der Waals surface area contributed by atoms with Crippen molar-refractivity contribution in [2.45, 2.75) is 25.5 Å². The Hall–Kier alpha value is -1.33. The largest absolute Gasteiger partial charge is 0.255 e. The molecule has 0 saturated heterocycles. The van der Waals surface area contributed by atoms with E-state index in [4.69, 9.17) is 0 Å². The summed E-state index contributed by atoms with van der Waals surface area (Å²) in [4.78, 5) is 6.37. The highest BCUT2D eigenvalue weighted by Crippen LogP contribution is 2.25. The average Bonchev–Trinajstić information content (AvgIpc) is 2.84. The molecule has 0 radical (unpaired) electrons. The molecule has 0 amide bonds. The van der Waals surface area contributed by atoms with E-state index in [1.165, 1.54) is 0 Å². The summed E-state index contributed by atoms with van der Waals surface area (Å²) in [6.07, 6.45) is 3.45. The number of nitrogens with zero attached hydrogens (tertiary/aromatic N) is 2. The van der Waals surface area contributed by atoms with Gasteiger partial charge >= 0.3 is 0 Å². The van der Waals surface area contributed by atoms with Gasteiger partial charge in [-0.2, -0.15) is 4.40 Å². The molecule has 1 atom stereocenters. The first-order valence-corrected chi connectivity index (χ1v) is 7.86. The maximum atomic E-state index is 11.8. The van der Waals surface area contributed by atoms with Crippen LogP contribution < -0.4 is 0 Å². The van der Waals surface area contributed by atoms with Crippen molar-refractivity contribution in [3.63, 3.8) is 0 Å². The molecule has 19 heavy (non-hydrogen) atoms. The molecule has 0 aliphatic heterocycles. The third kappa shape index (κ3) is 3.81. The number of hydrogen-bond donors (Lipinski definition) is 0. The highest BCUT2D eigenvalue weighted by Gasteiger charge is 2.18. The van der Waals surface area contributed by atoms with Crippen LogP contribution >= 0.6 is 11.3 Å². The molecule has 0 aliphatic carbocycles. The van der Waals surface area contributed by atoms with Gasteiger partial charge < -0.3 is 0 Å². The molecule has 5 heteroatoms. The number of hydrogen-bond acceptors (Lipinski definition) is 3. The van der Waals surface area contributed by atoms with Crippen LogP contribution in [0, 0.1) is 0 Å². The smallest absolute Gasteiger partial charge is 0.144 e. The fraction of sp³-hybridized carbons (Fsp3) is 0.286. The summed E-state index contributed by atoms with van der Waals surface area (Å²) in [5.41, 5.74) is 0.948. The lowest BCUT2D eigenvalue weighted by Gasteiger charge is -2.12.